The highest BCUT2D eigenvalue weighted by Gasteiger charge is 2.05. The number of aliphatic imine (C=N–C) groups is 1. The molecular weight excluding hydrogens is 204 g/mol. The Balaban J connectivity index is 0.000000212. The van der Waals surface area contributed by atoms with Crippen LogP contribution in [-0.2, 0) is 0 Å². The van der Waals surface area contributed by atoms with Gasteiger partial charge in [-0.15, -0.1) is 0 Å². The van der Waals surface area contributed by atoms with Gasteiger partial charge in [0.05, 0.1) is 5.56 Å². The molecule has 0 unspecified atom stereocenters. The molecule has 0 bridgehead atoms. The molecule has 0 saturated heterocycles. The van der Waals surface area contributed by atoms with Crippen molar-refractivity contribution < 1.29 is 9.90 Å². The average Bonchev–Trinajstić information content (AvgIpc) is 2.74. The molecular formula is C12H14N2O2. The minimum atomic E-state index is -0.609. The summed E-state index contributed by atoms with van der Waals surface area (Å²) in [5, 5.41) is 9.16. The molecule has 4 heteroatoms. The molecule has 16 heavy (non-hydrogen) atoms. The van der Waals surface area contributed by atoms with Gasteiger partial charge in [-0.05, 0) is 24.6 Å². The van der Waals surface area contributed by atoms with E-state index in [4.69, 9.17) is 10.8 Å². The molecule has 0 aromatic heterocycles. The number of carbonyl (C=O) groups excluding carboxylic acids is 1. The summed E-state index contributed by atoms with van der Waals surface area (Å²) in [6.45, 7) is 1.82. The molecule has 1 heterocycles. The van der Waals surface area contributed by atoms with Gasteiger partial charge in [0.25, 0.3) is 5.91 Å². The van der Waals surface area contributed by atoms with E-state index in [2.05, 4.69) is 4.99 Å². The smallest absolute Gasteiger partial charge is 0.252 e. The van der Waals surface area contributed by atoms with Crippen LogP contribution >= 0.6 is 0 Å². The molecule has 1 amide bonds. The number of allylic oxidation sites excluding steroid dienone is 1. The summed E-state index contributed by atoms with van der Waals surface area (Å²) in [5.41, 5.74) is 6.02. The van der Waals surface area contributed by atoms with Gasteiger partial charge in [0.1, 0.15) is 5.75 Å². The number of benzene rings is 1. The number of rotatable bonds is 1. The number of phenols is 1. The summed E-state index contributed by atoms with van der Waals surface area (Å²) in [5.74, 6) is -0.667. The number of carbonyl (C=O) groups is 1. The van der Waals surface area contributed by atoms with E-state index in [9.17, 15) is 4.79 Å². The fraction of sp³-hybridized carbons (Fsp3) is 0.167. The lowest BCUT2D eigenvalue weighted by Gasteiger charge is -1.99. The van der Waals surface area contributed by atoms with Crippen molar-refractivity contribution in [3.05, 3.63) is 41.6 Å². The summed E-state index contributed by atoms with van der Waals surface area (Å²) in [4.78, 5) is 14.4. The molecule has 0 fully saturated rings. The zero-order valence-electron chi connectivity index (χ0n) is 9.05. The van der Waals surface area contributed by atoms with Crippen LogP contribution in [0.15, 0.2) is 35.5 Å². The minimum absolute atomic E-state index is 0.0579. The minimum Gasteiger partial charge on any atom is -0.507 e. The van der Waals surface area contributed by atoms with E-state index in [0.29, 0.717) is 0 Å². The van der Waals surface area contributed by atoms with Crippen LogP contribution in [0, 0.1) is 6.92 Å². The molecule has 0 aliphatic carbocycles. The molecule has 1 aromatic rings. The SMILES string of the molecule is C1=CN=CC1.Cc1ccc(C(N)=O)c(O)c1. The van der Waals surface area contributed by atoms with E-state index in [0.717, 1.165) is 12.0 Å². The Labute approximate surface area is 94.1 Å². The van der Waals surface area contributed by atoms with Crippen molar-refractivity contribution in [2.24, 2.45) is 10.7 Å². The second-order valence-electron chi connectivity index (χ2n) is 3.34. The molecule has 4 nitrogen and oxygen atoms in total. The third-order valence-electron chi connectivity index (χ3n) is 1.96. The molecule has 1 aliphatic rings. The maximum atomic E-state index is 10.6. The van der Waals surface area contributed by atoms with Crippen LogP contribution in [0.3, 0.4) is 0 Å². The van der Waals surface area contributed by atoms with Crippen LogP contribution in [0.2, 0.25) is 0 Å². The van der Waals surface area contributed by atoms with Gasteiger partial charge in [0.15, 0.2) is 0 Å². The number of hydrogen-bond donors (Lipinski definition) is 2. The predicted molar refractivity (Wildman–Crippen MR) is 63.6 cm³/mol. The third kappa shape index (κ3) is 3.57. The van der Waals surface area contributed by atoms with Crippen LogP contribution < -0.4 is 5.73 Å². The lowest BCUT2D eigenvalue weighted by Crippen LogP contribution is -2.10. The maximum Gasteiger partial charge on any atom is 0.252 e. The van der Waals surface area contributed by atoms with Gasteiger partial charge in [0.2, 0.25) is 0 Å². The zero-order valence-corrected chi connectivity index (χ0v) is 9.05. The first-order valence-corrected chi connectivity index (χ1v) is 4.87. The van der Waals surface area contributed by atoms with E-state index in [1.54, 1.807) is 12.3 Å². The Morgan fingerprint density at radius 2 is 2.25 bits per heavy atom. The van der Waals surface area contributed by atoms with Crippen molar-refractivity contribution >= 4 is 12.1 Å². The number of amides is 1. The lowest BCUT2D eigenvalue weighted by atomic mass is 10.1. The molecule has 1 aliphatic heterocycles. The monoisotopic (exact) mass is 218 g/mol. The van der Waals surface area contributed by atoms with Gasteiger partial charge in [-0.1, -0.05) is 12.1 Å². The average molecular weight is 218 g/mol. The summed E-state index contributed by atoms with van der Waals surface area (Å²) in [6.07, 6.45) is 6.72. The second kappa shape index (κ2) is 5.70. The van der Waals surface area contributed by atoms with Crippen molar-refractivity contribution in [1.82, 2.24) is 0 Å². The van der Waals surface area contributed by atoms with Gasteiger partial charge >= 0.3 is 0 Å². The number of nitrogens with zero attached hydrogens (tertiary/aromatic N) is 1. The normalized spacial score (nSPS) is 12.1. The topological polar surface area (TPSA) is 75.7 Å². The van der Waals surface area contributed by atoms with E-state index in [1.807, 2.05) is 19.2 Å². The number of hydrogen-bond acceptors (Lipinski definition) is 3. The Morgan fingerprint density at radius 1 is 1.50 bits per heavy atom. The number of aromatic hydroxyl groups is 1. The Morgan fingerprint density at radius 3 is 2.62 bits per heavy atom. The summed E-state index contributed by atoms with van der Waals surface area (Å²) in [7, 11) is 0. The van der Waals surface area contributed by atoms with E-state index >= 15 is 0 Å². The van der Waals surface area contributed by atoms with Crippen molar-refractivity contribution in [3.63, 3.8) is 0 Å². The molecule has 84 valence electrons. The summed E-state index contributed by atoms with van der Waals surface area (Å²) < 4.78 is 0. The van der Waals surface area contributed by atoms with Crippen LogP contribution in [0.1, 0.15) is 22.3 Å². The standard InChI is InChI=1S/C8H9NO2.C4H5N/c1-5-2-3-6(8(9)11)7(10)4-5;1-2-4-5-3-1/h2-4,10H,1H3,(H2,9,11);1,3-4H,2H2. The van der Waals surface area contributed by atoms with Crippen molar-refractivity contribution in [2.45, 2.75) is 13.3 Å². The van der Waals surface area contributed by atoms with E-state index < -0.39 is 5.91 Å². The van der Waals surface area contributed by atoms with Gasteiger partial charge in [-0.3, -0.25) is 9.79 Å². The van der Waals surface area contributed by atoms with Gasteiger partial charge in [-0.2, -0.15) is 0 Å². The molecule has 0 atom stereocenters. The molecule has 1 aromatic carbocycles. The Kier molecular flexibility index (Phi) is 4.27. The van der Waals surface area contributed by atoms with E-state index in [1.165, 1.54) is 12.1 Å². The highest BCUT2D eigenvalue weighted by Crippen LogP contribution is 2.17. The van der Waals surface area contributed by atoms with Crippen LogP contribution in [0.5, 0.6) is 5.75 Å². The number of nitrogens with two attached hydrogens (primary N) is 1. The first kappa shape index (κ1) is 12.0. The second-order valence-corrected chi connectivity index (χ2v) is 3.34. The fourth-order valence-corrected chi connectivity index (χ4v) is 1.15. The highest BCUT2D eigenvalue weighted by molar-refractivity contribution is 5.95. The van der Waals surface area contributed by atoms with Crippen molar-refractivity contribution in [2.75, 3.05) is 0 Å². The van der Waals surface area contributed by atoms with Crippen LogP contribution in [0.25, 0.3) is 0 Å². The summed E-state index contributed by atoms with van der Waals surface area (Å²) in [6, 6.07) is 4.73. The molecule has 0 radical (unpaired) electrons. The fourth-order valence-electron chi connectivity index (χ4n) is 1.15. The number of aryl methyl sites for hydroxylation is 1. The largest absolute Gasteiger partial charge is 0.507 e. The molecule has 3 N–H and O–H groups in total. The molecule has 0 saturated carbocycles. The van der Waals surface area contributed by atoms with Crippen molar-refractivity contribution in [1.29, 1.82) is 0 Å². The maximum absolute atomic E-state index is 10.6. The lowest BCUT2D eigenvalue weighted by molar-refractivity contribution is 0.0998. The number of primary amides is 1. The van der Waals surface area contributed by atoms with Crippen LogP contribution in [-0.4, -0.2) is 17.2 Å². The molecule has 2 rings (SSSR count). The summed E-state index contributed by atoms with van der Waals surface area (Å²) >= 11 is 0. The highest BCUT2D eigenvalue weighted by atomic mass is 16.3. The van der Waals surface area contributed by atoms with Crippen LogP contribution in [0.4, 0.5) is 0 Å². The quantitative estimate of drug-likeness (QED) is 0.753. The Hall–Kier alpha value is -2.10. The predicted octanol–water partition coefficient (Wildman–Crippen LogP) is 1.77. The zero-order chi connectivity index (χ0) is 12.0. The van der Waals surface area contributed by atoms with E-state index in [-0.39, 0.29) is 11.3 Å². The Bertz CT molecular complexity index is 427. The molecule has 0 spiro atoms. The first-order chi connectivity index (χ1) is 7.61. The van der Waals surface area contributed by atoms with Gasteiger partial charge in [-0.25, -0.2) is 0 Å². The third-order valence-corrected chi connectivity index (χ3v) is 1.96. The van der Waals surface area contributed by atoms with Gasteiger partial charge < -0.3 is 10.8 Å². The van der Waals surface area contributed by atoms with Crippen molar-refractivity contribution in [3.8, 4) is 5.75 Å². The van der Waals surface area contributed by atoms with Gasteiger partial charge in [0, 0.05) is 18.8 Å². The first-order valence-electron chi connectivity index (χ1n) is 4.87.